The zero-order valence-electron chi connectivity index (χ0n) is 8.95. The molecule has 2 aromatic rings. The van der Waals surface area contributed by atoms with Crippen molar-refractivity contribution in [3.8, 4) is 5.75 Å². The number of pyridine rings is 1. The van der Waals surface area contributed by atoms with Gasteiger partial charge in [0.2, 0.25) is 0 Å². The summed E-state index contributed by atoms with van der Waals surface area (Å²) in [7, 11) is 0. The van der Waals surface area contributed by atoms with E-state index in [0.29, 0.717) is 5.00 Å². The Morgan fingerprint density at radius 2 is 2.06 bits per heavy atom. The molecular formula is C11H8N2O4S. The number of aromatic carboxylic acids is 1. The van der Waals surface area contributed by atoms with Crippen LogP contribution in [0.5, 0.6) is 5.75 Å². The molecular weight excluding hydrogens is 256 g/mol. The van der Waals surface area contributed by atoms with Crippen LogP contribution >= 0.6 is 11.3 Å². The number of carboxylic acids is 1. The first-order chi connectivity index (χ1) is 8.58. The number of aromatic nitrogens is 1. The molecule has 0 aliphatic rings. The van der Waals surface area contributed by atoms with E-state index in [2.05, 4.69) is 10.3 Å². The van der Waals surface area contributed by atoms with E-state index in [-0.39, 0.29) is 16.2 Å². The average molecular weight is 264 g/mol. The van der Waals surface area contributed by atoms with Crippen molar-refractivity contribution in [3.05, 3.63) is 41.0 Å². The number of aromatic hydroxyl groups is 1. The number of carbonyl (C=O) groups excluding carboxylic acids is 1. The van der Waals surface area contributed by atoms with Gasteiger partial charge in [-0.2, -0.15) is 0 Å². The molecule has 7 heteroatoms. The molecule has 1 amide bonds. The topological polar surface area (TPSA) is 99.5 Å². The molecule has 0 saturated carbocycles. The second kappa shape index (κ2) is 4.84. The van der Waals surface area contributed by atoms with Crippen LogP contribution in [0, 0.1) is 0 Å². The quantitative estimate of drug-likeness (QED) is 0.785. The van der Waals surface area contributed by atoms with Gasteiger partial charge in [0.05, 0.1) is 16.8 Å². The van der Waals surface area contributed by atoms with Crippen LogP contribution in [0.4, 0.5) is 5.00 Å². The second-order valence-corrected chi connectivity index (χ2v) is 4.40. The number of hydrogen-bond donors (Lipinski definition) is 3. The molecule has 0 fully saturated rings. The highest BCUT2D eigenvalue weighted by Crippen LogP contribution is 2.23. The number of hydrogen-bond acceptors (Lipinski definition) is 5. The fourth-order valence-corrected chi connectivity index (χ4v) is 2.02. The van der Waals surface area contributed by atoms with Gasteiger partial charge in [0.25, 0.3) is 5.91 Å². The lowest BCUT2D eigenvalue weighted by Gasteiger charge is -2.03. The zero-order chi connectivity index (χ0) is 13.1. The van der Waals surface area contributed by atoms with Gasteiger partial charge in [-0.15, -0.1) is 11.3 Å². The molecule has 0 saturated heterocycles. The number of carbonyl (C=O) groups is 2. The van der Waals surface area contributed by atoms with Crippen molar-refractivity contribution in [1.29, 1.82) is 0 Å². The van der Waals surface area contributed by atoms with Crippen LogP contribution < -0.4 is 5.32 Å². The lowest BCUT2D eigenvalue weighted by molar-refractivity contribution is 0.0702. The van der Waals surface area contributed by atoms with E-state index in [4.69, 9.17) is 5.11 Å². The molecule has 0 aliphatic carbocycles. The van der Waals surface area contributed by atoms with Gasteiger partial charge in [-0.25, -0.2) is 4.79 Å². The summed E-state index contributed by atoms with van der Waals surface area (Å²) in [6.07, 6.45) is 2.54. The van der Waals surface area contributed by atoms with Crippen molar-refractivity contribution in [2.45, 2.75) is 0 Å². The van der Waals surface area contributed by atoms with Gasteiger partial charge >= 0.3 is 5.97 Å². The van der Waals surface area contributed by atoms with Gasteiger partial charge in [-0.1, -0.05) is 0 Å². The Bertz CT molecular complexity index is 609. The van der Waals surface area contributed by atoms with Crippen LogP contribution in [0.1, 0.15) is 20.0 Å². The lowest BCUT2D eigenvalue weighted by atomic mass is 10.2. The maximum absolute atomic E-state index is 11.8. The van der Waals surface area contributed by atoms with E-state index in [1.54, 1.807) is 0 Å². The monoisotopic (exact) mass is 264 g/mol. The van der Waals surface area contributed by atoms with Gasteiger partial charge in [-0.3, -0.25) is 9.78 Å². The maximum atomic E-state index is 11.8. The third-order valence-corrected chi connectivity index (χ3v) is 3.09. The molecule has 0 bridgehead atoms. The Balaban J connectivity index is 2.16. The predicted molar refractivity (Wildman–Crippen MR) is 65.1 cm³/mol. The highest BCUT2D eigenvalue weighted by Gasteiger charge is 2.13. The van der Waals surface area contributed by atoms with Crippen LogP contribution in [0.2, 0.25) is 0 Å². The maximum Gasteiger partial charge on any atom is 0.345 e. The summed E-state index contributed by atoms with van der Waals surface area (Å²) < 4.78 is 0. The molecule has 0 unspecified atom stereocenters. The Kier molecular flexibility index (Phi) is 3.24. The minimum Gasteiger partial charge on any atom is -0.505 e. The largest absolute Gasteiger partial charge is 0.505 e. The van der Waals surface area contributed by atoms with E-state index in [9.17, 15) is 14.7 Å². The smallest absolute Gasteiger partial charge is 0.345 e. The zero-order valence-corrected chi connectivity index (χ0v) is 9.77. The van der Waals surface area contributed by atoms with Crippen LogP contribution in [-0.2, 0) is 0 Å². The van der Waals surface area contributed by atoms with E-state index in [1.165, 1.54) is 24.4 Å². The molecule has 18 heavy (non-hydrogen) atoms. The van der Waals surface area contributed by atoms with Gasteiger partial charge in [0, 0.05) is 6.20 Å². The summed E-state index contributed by atoms with van der Waals surface area (Å²) in [4.78, 5) is 26.2. The van der Waals surface area contributed by atoms with E-state index in [0.717, 1.165) is 17.5 Å². The van der Waals surface area contributed by atoms with E-state index < -0.39 is 11.9 Å². The molecule has 0 atom stereocenters. The fraction of sp³-hybridized carbons (Fsp3) is 0. The fourth-order valence-electron chi connectivity index (χ4n) is 1.28. The second-order valence-electron chi connectivity index (χ2n) is 3.32. The predicted octanol–water partition coefficient (Wildman–Crippen LogP) is 1.80. The summed E-state index contributed by atoms with van der Waals surface area (Å²) in [6, 6.07) is 4.26. The summed E-state index contributed by atoms with van der Waals surface area (Å²) in [5.74, 6) is -1.80. The Hall–Kier alpha value is -2.41. The third-order valence-electron chi connectivity index (χ3n) is 2.10. The molecule has 2 heterocycles. The first kappa shape index (κ1) is 12.1. The minimum absolute atomic E-state index is 0.0790. The van der Waals surface area contributed by atoms with Gasteiger partial charge < -0.3 is 15.5 Å². The van der Waals surface area contributed by atoms with Crippen molar-refractivity contribution in [2.75, 3.05) is 5.32 Å². The normalized spacial score (nSPS) is 10.0. The Morgan fingerprint density at radius 1 is 1.28 bits per heavy atom. The van der Waals surface area contributed by atoms with Crippen LogP contribution in [-0.4, -0.2) is 27.1 Å². The molecule has 2 rings (SSSR count). The average Bonchev–Trinajstić information content (AvgIpc) is 2.78. The standard InChI is InChI=1S/C11H8N2O4S/c14-7-5-12-4-3-6(7)10(15)13-9-2-1-8(18-9)11(16)17/h1-5,14H,(H,13,15)(H,16,17). The SMILES string of the molecule is O=C(O)c1ccc(NC(=O)c2ccncc2O)s1. The van der Waals surface area contributed by atoms with Gasteiger partial charge in [-0.05, 0) is 18.2 Å². The molecule has 0 spiro atoms. The summed E-state index contributed by atoms with van der Waals surface area (Å²) in [5, 5.41) is 21.1. The van der Waals surface area contributed by atoms with E-state index >= 15 is 0 Å². The lowest BCUT2D eigenvalue weighted by Crippen LogP contribution is -2.11. The van der Waals surface area contributed by atoms with Gasteiger partial charge in [0.15, 0.2) is 0 Å². The number of nitrogens with one attached hydrogen (secondary N) is 1. The van der Waals surface area contributed by atoms with Crippen LogP contribution in [0.15, 0.2) is 30.6 Å². The van der Waals surface area contributed by atoms with Crippen molar-refractivity contribution in [1.82, 2.24) is 4.98 Å². The van der Waals surface area contributed by atoms with E-state index in [1.807, 2.05) is 0 Å². The van der Waals surface area contributed by atoms with Crippen LogP contribution in [0.3, 0.4) is 0 Å². The molecule has 6 nitrogen and oxygen atoms in total. The highest BCUT2D eigenvalue weighted by atomic mass is 32.1. The number of thiophene rings is 1. The molecule has 0 radical (unpaired) electrons. The summed E-state index contributed by atoms with van der Waals surface area (Å²) >= 11 is 0.941. The highest BCUT2D eigenvalue weighted by molar-refractivity contribution is 7.18. The van der Waals surface area contributed by atoms with Crippen molar-refractivity contribution < 1.29 is 19.8 Å². The molecule has 0 aliphatic heterocycles. The van der Waals surface area contributed by atoms with Crippen molar-refractivity contribution >= 4 is 28.2 Å². The molecule has 2 aromatic heterocycles. The first-order valence-corrected chi connectivity index (χ1v) is 5.67. The van der Waals surface area contributed by atoms with Crippen LogP contribution in [0.25, 0.3) is 0 Å². The Morgan fingerprint density at radius 3 is 2.67 bits per heavy atom. The summed E-state index contributed by atoms with van der Waals surface area (Å²) in [6.45, 7) is 0. The molecule has 0 aromatic carbocycles. The number of carboxylic acid groups (broad SMARTS) is 1. The van der Waals surface area contributed by atoms with Crippen molar-refractivity contribution in [3.63, 3.8) is 0 Å². The number of amides is 1. The number of rotatable bonds is 3. The third kappa shape index (κ3) is 2.46. The summed E-state index contributed by atoms with van der Waals surface area (Å²) in [5.41, 5.74) is 0.0790. The van der Waals surface area contributed by atoms with Gasteiger partial charge in [0.1, 0.15) is 10.6 Å². The number of anilines is 1. The van der Waals surface area contributed by atoms with Crippen molar-refractivity contribution in [2.24, 2.45) is 0 Å². The number of nitrogens with zero attached hydrogens (tertiary/aromatic N) is 1. The molecule has 3 N–H and O–H groups in total. The minimum atomic E-state index is -1.05. The Labute approximate surface area is 106 Å². The molecule has 92 valence electrons. The first-order valence-electron chi connectivity index (χ1n) is 4.85.